The van der Waals surface area contributed by atoms with E-state index in [1.54, 1.807) is 12.1 Å². The fourth-order valence-corrected chi connectivity index (χ4v) is 2.42. The molecule has 0 bridgehead atoms. The van der Waals surface area contributed by atoms with Crippen molar-refractivity contribution in [2.75, 3.05) is 13.7 Å². The third-order valence-electron chi connectivity index (χ3n) is 4.09. The fraction of sp³-hybridized carbons (Fsp3) is 0.350. The number of nitrogens with zero attached hydrogens (tertiary/aromatic N) is 1. The van der Waals surface area contributed by atoms with E-state index in [4.69, 9.17) is 4.74 Å². The highest BCUT2D eigenvalue weighted by Gasteiger charge is 2.17. The molecule has 0 saturated heterocycles. The number of nitrogens with one attached hydrogen (secondary N) is 1. The van der Waals surface area contributed by atoms with Crippen LogP contribution < -0.4 is 10.1 Å². The molecule has 2 aromatic rings. The molecule has 0 fully saturated rings. The van der Waals surface area contributed by atoms with E-state index in [-0.39, 0.29) is 17.8 Å². The Balaban J connectivity index is 1.84. The Kier molecular flexibility index (Phi) is 6.95. The van der Waals surface area contributed by atoms with Crippen molar-refractivity contribution in [3.8, 4) is 5.75 Å². The van der Waals surface area contributed by atoms with Crippen LogP contribution in [0.3, 0.4) is 0 Å². The maximum Gasteiger partial charge on any atom is 0.237 e. The summed E-state index contributed by atoms with van der Waals surface area (Å²) < 4.78 is 18.3. The van der Waals surface area contributed by atoms with E-state index in [0.717, 1.165) is 16.9 Å². The lowest BCUT2D eigenvalue weighted by atomic mass is 10.1. The molecular weight excluding hydrogens is 319 g/mol. The molecule has 0 aromatic heterocycles. The molecule has 0 heterocycles. The van der Waals surface area contributed by atoms with Crippen LogP contribution in [0, 0.1) is 5.82 Å². The van der Waals surface area contributed by atoms with E-state index in [9.17, 15) is 9.18 Å². The molecule has 1 N–H and O–H groups in total. The van der Waals surface area contributed by atoms with Crippen molar-refractivity contribution in [1.82, 2.24) is 10.2 Å². The first kappa shape index (κ1) is 18.9. The molecule has 0 radical (unpaired) electrons. The van der Waals surface area contributed by atoms with Crippen LogP contribution in [0.1, 0.15) is 25.0 Å². The molecule has 0 spiro atoms. The van der Waals surface area contributed by atoms with Crippen LogP contribution in [0.5, 0.6) is 5.75 Å². The number of hydrogen-bond donors (Lipinski definition) is 1. The minimum absolute atomic E-state index is 0.0576. The average Bonchev–Trinajstić information content (AvgIpc) is 2.62. The maximum absolute atomic E-state index is 12.9. The van der Waals surface area contributed by atoms with Gasteiger partial charge in [-0.05, 0) is 56.3 Å². The summed E-state index contributed by atoms with van der Waals surface area (Å²) in [6.07, 6.45) is 0. The number of halogens is 1. The molecule has 0 aliphatic rings. The summed E-state index contributed by atoms with van der Waals surface area (Å²) in [6, 6.07) is 13.7. The fourth-order valence-electron chi connectivity index (χ4n) is 2.42. The van der Waals surface area contributed by atoms with E-state index < -0.39 is 0 Å². The normalized spacial score (nSPS) is 12.0. The molecule has 2 rings (SSSR count). The lowest BCUT2D eigenvalue weighted by molar-refractivity contribution is -0.125. The average molecular weight is 344 g/mol. The van der Waals surface area contributed by atoms with Crippen LogP contribution in [-0.4, -0.2) is 30.5 Å². The van der Waals surface area contributed by atoms with E-state index in [1.165, 1.54) is 12.1 Å². The summed E-state index contributed by atoms with van der Waals surface area (Å²) in [5.74, 6) is 0.510. The topological polar surface area (TPSA) is 41.6 Å². The van der Waals surface area contributed by atoms with Gasteiger partial charge in [0.2, 0.25) is 5.91 Å². The zero-order valence-corrected chi connectivity index (χ0v) is 15.0. The minimum atomic E-state index is -0.279. The Morgan fingerprint density at radius 3 is 2.32 bits per heavy atom. The van der Waals surface area contributed by atoms with Gasteiger partial charge in [-0.3, -0.25) is 9.69 Å². The summed E-state index contributed by atoms with van der Waals surface area (Å²) >= 11 is 0. The number of likely N-dealkylation sites (N-methyl/N-ethyl adjacent to an activating group) is 1. The smallest absolute Gasteiger partial charge is 0.237 e. The van der Waals surface area contributed by atoms with Crippen molar-refractivity contribution in [2.45, 2.75) is 33.0 Å². The summed E-state index contributed by atoms with van der Waals surface area (Å²) in [5, 5.41) is 2.89. The monoisotopic (exact) mass is 344 g/mol. The van der Waals surface area contributed by atoms with E-state index in [0.29, 0.717) is 19.7 Å². The molecule has 25 heavy (non-hydrogen) atoms. The number of benzene rings is 2. The third-order valence-corrected chi connectivity index (χ3v) is 4.09. The van der Waals surface area contributed by atoms with Gasteiger partial charge in [-0.25, -0.2) is 4.39 Å². The molecule has 0 aliphatic heterocycles. The van der Waals surface area contributed by atoms with Gasteiger partial charge in [0.1, 0.15) is 11.6 Å². The molecule has 0 saturated carbocycles. The molecule has 5 heteroatoms. The highest BCUT2D eigenvalue weighted by atomic mass is 19.1. The Hall–Kier alpha value is -2.40. The molecule has 1 atom stereocenters. The number of rotatable bonds is 8. The van der Waals surface area contributed by atoms with Crippen LogP contribution in [-0.2, 0) is 17.9 Å². The lowest BCUT2D eigenvalue weighted by Gasteiger charge is -2.24. The largest absolute Gasteiger partial charge is 0.494 e. The lowest BCUT2D eigenvalue weighted by Crippen LogP contribution is -2.42. The summed E-state index contributed by atoms with van der Waals surface area (Å²) in [7, 11) is 1.92. The van der Waals surface area contributed by atoms with Gasteiger partial charge in [-0.2, -0.15) is 0 Å². The highest BCUT2D eigenvalue weighted by Crippen LogP contribution is 2.14. The van der Waals surface area contributed by atoms with Crippen LogP contribution in [0.4, 0.5) is 4.39 Å². The first-order chi connectivity index (χ1) is 12.0. The number of carbonyl (C=O) groups excluding carboxylic acids is 1. The number of amides is 1. The SMILES string of the molecule is CCOc1ccc(CN(C)[C@@H](C)C(=O)NCc2ccc(F)cc2)cc1. The molecule has 1 amide bonds. The van der Waals surface area contributed by atoms with Crippen molar-refractivity contribution in [2.24, 2.45) is 0 Å². The molecule has 0 aliphatic carbocycles. The van der Waals surface area contributed by atoms with Crippen LogP contribution in [0.25, 0.3) is 0 Å². The van der Waals surface area contributed by atoms with Crippen LogP contribution >= 0.6 is 0 Å². The minimum Gasteiger partial charge on any atom is -0.494 e. The van der Waals surface area contributed by atoms with Crippen LogP contribution in [0.2, 0.25) is 0 Å². The summed E-state index contributed by atoms with van der Waals surface area (Å²) in [5.41, 5.74) is 1.99. The molecule has 4 nitrogen and oxygen atoms in total. The second kappa shape index (κ2) is 9.18. The van der Waals surface area contributed by atoms with Crippen molar-refractivity contribution < 1.29 is 13.9 Å². The Labute approximate surface area is 148 Å². The standard InChI is InChI=1S/C20H25FN2O2/c1-4-25-19-11-7-17(8-12-19)14-23(3)15(2)20(24)22-13-16-5-9-18(21)10-6-16/h5-12,15H,4,13-14H2,1-3H3,(H,22,24)/t15-/m0/s1. The van der Waals surface area contributed by atoms with Crippen molar-refractivity contribution >= 4 is 5.91 Å². The van der Waals surface area contributed by atoms with Gasteiger partial charge in [0.05, 0.1) is 12.6 Å². The Bertz CT molecular complexity index is 671. The van der Waals surface area contributed by atoms with Gasteiger partial charge in [-0.15, -0.1) is 0 Å². The number of hydrogen-bond acceptors (Lipinski definition) is 3. The third kappa shape index (κ3) is 5.87. The van der Waals surface area contributed by atoms with Crippen molar-refractivity contribution in [3.05, 3.63) is 65.5 Å². The van der Waals surface area contributed by atoms with Gasteiger partial charge in [-0.1, -0.05) is 24.3 Å². The van der Waals surface area contributed by atoms with Gasteiger partial charge in [0.25, 0.3) is 0 Å². The number of ether oxygens (including phenoxy) is 1. The summed E-state index contributed by atoms with van der Waals surface area (Å²) in [4.78, 5) is 14.3. The molecule has 2 aromatic carbocycles. The zero-order chi connectivity index (χ0) is 18.2. The first-order valence-corrected chi connectivity index (χ1v) is 8.43. The quantitative estimate of drug-likeness (QED) is 0.798. The van der Waals surface area contributed by atoms with Gasteiger partial charge >= 0.3 is 0 Å². The van der Waals surface area contributed by atoms with Crippen molar-refractivity contribution in [1.29, 1.82) is 0 Å². The van der Waals surface area contributed by atoms with E-state index in [1.807, 2.05) is 50.1 Å². The van der Waals surface area contributed by atoms with E-state index >= 15 is 0 Å². The van der Waals surface area contributed by atoms with Crippen molar-refractivity contribution in [3.63, 3.8) is 0 Å². The highest BCUT2D eigenvalue weighted by molar-refractivity contribution is 5.81. The Morgan fingerprint density at radius 2 is 1.72 bits per heavy atom. The first-order valence-electron chi connectivity index (χ1n) is 8.43. The van der Waals surface area contributed by atoms with Gasteiger partial charge in [0.15, 0.2) is 0 Å². The number of carbonyl (C=O) groups is 1. The zero-order valence-electron chi connectivity index (χ0n) is 15.0. The Morgan fingerprint density at radius 1 is 1.12 bits per heavy atom. The maximum atomic E-state index is 12.9. The second-order valence-electron chi connectivity index (χ2n) is 6.01. The van der Waals surface area contributed by atoms with E-state index in [2.05, 4.69) is 5.32 Å². The predicted octanol–water partition coefficient (Wildman–Crippen LogP) is 3.36. The molecule has 0 unspecified atom stereocenters. The molecule has 134 valence electrons. The van der Waals surface area contributed by atoms with Crippen LogP contribution in [0.15, 0.2) is 48.5 Å². The van der Waals surface area contributed by atoms with Gasteiger partial charge in [0, 0.05) is 13.1 Å². The van der Waals surface area contributed by atoms with Gasteiger partial charge < -0.3 is 10.1 Å². The second-order valence-corrected chi connectivity index (χ2v) is 6.01. The summed E-state index contributed by atoms with van der Waals surface area (Å²) in [6.45, 7) is 5.52. The predicted molar refractivity (Wildman–Crippen MR) is 96.8 cm³/mol. The molecular formula is C20H25FN2O2.